The number of nitrogens with zero attached hydrogens (tertiary/aromatic N) is 7. The molecule has 1 aliphatic heterocycles. The molecule has 5 aromatic rings. The van der Waals surface area contributed by atoms with Crippen LogP contribution in [0.4, 0.5) is 5.82 Å². The van der Waals surface area contributed by atoms with E-state index in [0.717, 1.165) is 72.8 Å². The first-order valence-electron chi connectivity index (χ1n) is 14.9. The summed E-state index contributed by atoms with van der Waals surface area (Å²) in [6.07, 6.45) is 14.3. The Bertz CT molecular complexity index is 1750. The molecule has 0 atom stereocenters. The van der Waals surface area contributed by atoms with E-state index < -0.39 is 0 Å². The quantitative estimate of drug-likeness (QED) is 0.296. The van der Waals surface area contributed by atoms with Crippen molar-refractivity contribution in [2.24, 2.45) is 0 Å². The van der Waals surface area contributed by atoms with Gasteiger partial charge in [0.25, 0.3) is 0 Å². The van der Waals surface area contributed by atoms with E-state index in [0.29, 0.717) is 11.9 Å². The van der Waals surface area contributed by atoms with Crippen LogP contribution in [-0.4, -0.2) is 66.3 Å². The van der Waals surface area contributed by atoms with Gasteiger partial charge in [0, 0.05) is 43.4 Å². The van der Waals surface area contributed by atoms with Crippen LogP contribution >= 0.6 is 0 Å². The molecular formula is C33H37N9O. The fraction of sp³-hybridized carbons (Fsp3) is 0.303. The number of hydrogen-bond acceptors (Lipinski definition) is 7. The number of aryl methyl sites for hydroxylation is 2. The number of hydrogen-bond donors (Lipinski definition) is 2. The van der Waals surface area contributed by atoms with E-state index in [2.05, 4.69) is 38.2 Å². The van der Waals surface area contributed by atoms with E-state index in [9.17, 15) is 4.79 Å². The van der Waals surface area contributed by atoms with Gasteiger partial charge in [-0.2, -0.15) is 5.10 Å². The van der Waals surface area contributed by atoms with Crippen LogP contribution in [0.2, 0.25) is 0 Å². The maximum atomic E-state index is 11.4. The Kier molecular flexibility index (Phi) is 8.28. The van der Waals surface area contributed by atoms with Gasteiger partial charge in [-0.05, 0) is 106 Å². The highest BCUT2D eigenvalue weighted by molar-refractivity contribution is 5.87. The van der Waals surface area contributed by atoms with Crippen LogP contribution in [0.5, 0.6) is 0 Å². The van der Waals surface area contributed by atoms with Gasteiger partial charge in [0.1, 0.15) is 11.3 Å². The Morgan fingerprint density at radius 2 is 1.86 bits per heavy atom. The smallest absolute Gasteiger partial charge is 0.246 e. The lowest BCUT2D eigenvalue weighted by atomic mass is 10.1. The summed E-state index contributed by atoms with van der Waals surface area (Å²) >= 11 is 0. The van der Waals surface area contributed by atoms with Crippen molar-refractivity contribution in [3.63, 3.8) is 0 Å². The number of carbonyl (C=O) groups excluding carboxylic acids is 1. The van der Waals surface area contributed by atoms with E-state index in [1.54, 1.807) is 29.2 Å². The summed E-state index contributed by atoms with van der Waals surface area (Å²) in [5, 5.41) is 7.56. The zero-order chi connectivity index (χ0) is 29.8. The Morgan fingerprint density at radius 1 is 1.02 bits per heavy atom. The third-order valence-corrected chi connectivity index (χ3v) is 8.17. The van der Waals surface area contributed by atoms with Crippen LogP contribution in [0.25, 0.3) is 34.1 Å². The number of aromatic nitrogens is 6. The zero-order valence-corrected chi connectivity index (χ0v) is 24.6. The van der Waals surface area contributed by atoms with Crippen molar-refractivity contribution in [3.05, 3.63) is 90.4 Å². The van der Waals surface area contributed by atoms with Gasteiger partial charge in [-0.15, -0.1) is 0 Å². The lowest BCUT2D eigenvalue weighted by Crippen LogP contribution is -2.43. The predicted octanol–water partition coefficient (Wildman–Crippen LogP) is 4.51. The van der Waals surface area contributed by atoms with E-state index >= 15 is 0 Å². The van der Waals surface area contributed by atoms with Gasteiger partial charge in [0.15, 0.2) is 17.3 Å². The van der Waals surface area contributed by atoms with Crippen LogP contribution in [0, 0.1) is 0 Å². The van der Waals surface area contributed by atoms with E-state index in [-0.39, 0.29) is 5.91 Å². The Morgan fingerprint density at radius 3 is 2.60 bits per heavy atom. The molecule has 1 aromatic carbocycles. The summed E-state index contributed by atoms with van der Waals surface area (Å²) in [4.78, 5) is 27.4. The van der Waals surface area contributed by atoms with Crippen LogP contribution in [0.15, 0.2) is 79.3 Å². The number of anilines is 1. The molecule has 1 fully saturated rings. The number of benzene rings is 1. The second-order valence-electron chi connectivity index (χ2n) is 10.9. The second kappa shape index (κ2) is 12.6. The lowest BCUT2D eigenvalue weighted by molar-refractivity contribution is -0.127. The average Bonchev–Trinajstić information content (AvgIpc) is 3.81. The largest absolute Gasteiger partial charge is 0.383 e. The summed E-state index contributed by atoms with van der Waals surface area (Å²) in [5.41, 5.74) is 12.4. The third-order valence-electron chi connectivity index (χ3n) is 8.17. The molecule has 0 spiro atoms. The van der Waals surface area contributed by atoms with Gasteiger partial charge in [-0.3, -0.25) is 9.36 Å². The number of allylic oxidation sites excluding steroid dienone is 1. The standard InChI is InChI=1S/C23H19N7.C10H18N2O/c24-21-18(6-2-11-25-21)22-27-19-9-10-20(29-13-3-12-26-29)28-23(19)30(22)17-8-7-15-4-1-5-16(15)14-17;1-3-4-10(13)12-7-5-9(11-2)6-8-12/h2-3,6-14H,1,4-5H2,(H2,24,25);3-4,9,11H,5-8H2,1-2H3/b;4-3+. The molecule has 220 valence electrons. The minimum atomic E-state index is 0.150. The minimum absolute atomic E-state index is 0.150. The van der Waals surface area contributed by atoms with Gasteiger partial charge in [0.05, 0.1) is 5.56 Å². The van der Waals surface area contributed by atoms with Crippen molar-refractivity contribution in [1.29, 1.82) is 0 Å². The first kappa shape index (κ1) is 28.3. The average molecular weight is 576 g/mol. The third kappa shape index (κ3) is 5.91. The Labute approximate surface area is 251 Å². The lowest BCUT2D eigenvalue weighted by Gasteiger charge is -2.31. The number of amides is 1. The molecule has 0 saturated carbocycles. The SMILES string of the molecule is C/C=C/C(=O)N1CCC(NC)CC1.Nc1ncccc1-c1nc2ccc(-n3cccn3)nc2n1-c1ccc2c(c1)CCC2. The van der Waals surface area contributed by atoms with Crippen molar-refractivity contribution in [1.82, 2.24) is 39.5 Å². The second-order valence-corrected chi connectivity index (χ2v) is 10.9. The van der Waals surface area contributed by atoms with E-state index in [1.165, 1.54) is 17.5 Å². The number of nitrogen functional groups attached to an aromatic ring is 1. The molecule has 43 heavy (non-hydrogen) atoms. The van der Waals surface area contributed by atoms with Crippen molar-refractivity contribution in [2.45, 2.75) is 45.1 Å². The maximum absolute atomic E-state index is 11.4. The molecule has 2 aliphatic rings. The fourth-order valence-corrected chi connectivity index (χ4v) is 5.84. The van der Waals surface area contributed by atoms with Gasteiger partial charge in [-0.1, -0.05) is 12.1 Å². The minimum Gasteiger partial charge on any atom is -0.383 e. The molecule has 0 unspecified atom stereocenters. The number of nitrogens with two attached hydrogens (primary N) is 1. The molecule has 10 nitrogen and oxygen atoms in total. The first-order chi connectivity index (χ1) is 21.1. The van der Waals surface area contributed by atoms with Crippen LogP contribution < -0.4 is 11.1 Å². The number of likely N-dealkylation sites (tertiary alicyclic amines) is 1. The fourth-order valence-electron chi connectivity index (χ4n) is 5.84. The molecule has 1 aliphatic carbocycles. The number of carbonyl (C=O) groups is 1. The molecule has 10 heteroatoms. The highest BCUT2D eigenvalue weighted by Gasteiger charge is 2.21. The van der Waals surface area contributed by atoms with Crippen molar-refractivity contribution in [2.75, 3.05) is 25.9 Å². The summed E-state index contributed by atoms with van der Waals surface area (Å²) in [6, 6.07) is 16.8. The van der Waals surface area contributed by atoms with Crippen LogP contribution in [0.1, 0.15) is 37.3 Å². The Balaban J connectivity index is 0.000000214. The number of fused-ring (bicyclic) bond motifs is 2. The summed E-state index contributed by atoms with van der Waals surface area (Å²) in [7, 11) is 1.98. The molecule has 7 rings (SSSR count). The summed E-state index contributed by atoms with van der Waals surface area (Å²) in [5.74, 6) is 2.07. The molecule has 5 heterocycles. The monoisotopic (exact) mass is 575 g/mol. The molecule has 0 bridgehead atoms. The van der Waals surface area contributed by atoms with E-state index in [1.807, 2.05) is 55.4 Å². The zero-order valence-electron chi connectivity index (χ0n) is 24.6. The molecule has 0 radical (unpaired) electrons. The Hall–Kier alpha value is -4.83. The number of rotatable bonds is 5. The molecule has 1 amide bonds. The molecular weight excluding hydrogens is 538 g/mol. The number of imidazole rings is 1. The van der Waals surface area contributed by atoms with Crippen molar-refractivity contribution >= 4 is 22.9 Å². The first-order valence-corrected chi connectivity index (χ1v) is 14.9. The number of pyridine rings is 2. The van der Waals surface area contributed by atoms with Gasteiger partial charge < -0.3 is 16.0 Å². The van der Waals surface area contributed by atoms with Crippen LogP contribution in [0.3, 0.4) is 0 Å². The van der Waals surface area contributed by atoms with E-state index in [4.69, 9.17) is 15.7 Å². The van der Waals surface area contributed by atoms with Gasteiger partial charge in [0.2, 0.25) is 5.91 Å². The molecule has 1 saturated heterocycles. The van der Waals surface area contributed by atoms with Crippen LogP contribution in [-0.2, 0) is 17.6 Å². The summed E-state index contributed by atoms with van der Waals surface area (Å²) < 4.78 is 3.83. The highest BCUT2D eigenvalue weighted by atomic mass is 16.2. The van der Waals surface area contributed by atoms with Crippen molar-refractivity contribution < 1.29 is 4.79 Å². The number of piperidine rings is 1. The molecule has 4 aromatic heterocycles. The topological polar surface area (TPSA) is 120 Å². The maximum Gasteiger partial charge on any atom is 0.246 e. The van der Waals surface area contributed by atoms with Gasteiger partial charge >= 0.3 is 0 Å². The summed E-state index contributed by atoms with van der Waals surface area (Å²) in [6.45, 7) is 3.64. The number of nitrogens with one attached hydrogen (secondary N) is 1. The van der Waals surface area contributed by atoms with Gasteiger partial charge in [-0.25, -0.2) is 19.6 Å². The normalized spacial score (nSPS) is 15.1. The predicted molar refractivity (Wildman–Crippen MR) is 169 cm³/mol. The molecule has 3 N–H and O–H groups in total. The van der Waals surface area contributed by atoms with Crippen molar-refractivity contribution in [3.8, 4) is 22.9 Å². The highest BCUT2D eigenvalue weighted by Crippen LogP contribution is 2.32.